The number of nitrogens with one attached hydrogen (secondary N) is 1. The molecule has 1 aliphatic carbocycles. The van der Waals surface area contributed by atoms with Crippen molar-refractivity contribution in [3.05, 3.63) is 73.9 Å². The molecule has 1 saturated heterocycles. The van der Waals surface area contributed by atoms with E-state index in [2.05, 4.69) is 11.4 Å². The molecule has 182 valence electrons. The number of carbonyl (C=O) groups is 3. The van der Waals surface area contributed by atoms with E-state index in [9.17, 15) is 19.6 Å². The summed E-state index contributed by atoms with van der Waals surface area (Å²) in [6, 6.07) is 8.98. The molecule has 5 rings (SSSR count). The van der Waals surface area contributed by atoms with Gasteiger partial charge in [-0.25, -0.2) is 9.69 Å². The van der Waals surface area contributed by atoms with Crippen LogP contribution in [0, 0.1) is 39.0 Å². The minimum Gasteiger partial charge on any atom is -0.308 e. The normalized spacial score (nSPS) is 16.8. The van der Waals surface area contributed by atoms with Crippen molar-refractivity contribution in [1.82, 2.24) is 9.88 Å². The first kappa shape index (κ1) is 23.8. The number of aromatic nitrogens is 1. The van der Waals surface area contributed by atoms with Crippen LogP contribution in [0.25, 0.3) is 11.1 Å². The van der Waals surface area contributed by atoms with Crippen LogP contribution in [-0.2, 0) is 22.4 Å². The first-order valence-electron chi connectivity index (χ1n) is 11.9. The molecule has 2 aromatic heterocycles. The van der Waals surface area contributed by atoms with Crippen LogP contribution in [0.3, 0.4) is 0 Å². The molecule has 1 aliphatic heterocycles. The highest BCUT2D eigenvalue weighted by Crippen LogP contribution is 2.38. The van der Waals surface area contributed by atoms with Crippen molar-refractivity contribution in [3.8, 4) is 11.1 Å². The lowest BCUT2D eigenvalue weighted by molar-refractivity contribution is -0.122. The van der Waals surface area contributed by atoms with Gasteiger partial charge in [-0.2, -0.15) is 5.26 Å². The van der Waals surface area contributed by atoms with E-state index in [0.717, 1.165) is 63.7 Å². The number of rotatable bonds is 3. The second-order valence-corrected chi connectivity index (χ2v) is 10.6. The molecule has 1 fully saturated rings. The van der Waals surface area contributed by atoms with Crippen molar-refractivity contribution >= 4 is 40.9 Å². The molecule has 0 bridgehead atoms. The number of anilines is 1. The van der Waals surface area contributed by atoms with Crippen LogP contribution in [0.2, 0.25) is 0 Å². The second-order valence-electron chi connectivity index (χ2n) is 9.47. The quantitative estimate of drug-likeness (QED) is 0.397. The minimum absolute atomic E-state index is 0.111. The molecule has 0 atom stereocenters. The summed E-state index contributed by atoms with van der Waals surface area (Å²) in [5.74, 6) is -1.39. The van der Waals surface area contributed by atoms with E-state index < -0.39 is 17.8 Å². The van der Waals surface area contributed by atoms with Crippen LogP contribution < -0.4 is 10.2 Å². The van der Waals surface area contributed by atoms with Gasteiger partial charge < -0.3 is 4.57 Å². The first-order valence-corrected chi connectivity index (χ1v) is 12.7. The van der Waals surface area contributed by atoms with Crippen molar-refractivity contribution in [2.45, 2.75) is 53.4 Å². The van der Waals surface area contributed by atoms with E-state index in [1.54, 1.807) is 23.5 Å². The fourth-order valence-corrected chi connectivity index (χ4v) is 6.65. The largest absolute Gasteiger partial charge is 0.335 e. The first-order chi connectivity index (χ1) is 17.2. The zero-order valence-corrected chi connectivity index (χ0v) is 21.5. The molecule has 0 radical (unpaired) electrons. The van der Waals surface area contributed by atoms with Crippen molar-refractivity contribution < 1.29 is 14.4 Å². The summed E-state index contributed by atoms with van der Waals surface area (Å²) in [5.41, 5.74) is 6.41. The lowest BCUT2D eigenvalue weighted by atomic mass is 9.96. The summed E-state index contributed by atoms with van der Waals surface area (Å²) in [6.45, 7) is 7.63. The van der Waals surface area contributed by atoms with Crippen molar-refractivity contribution in [2.24, 2.45) is 0 Å². The number of nitriles is 1. The summed E-state index contributed by atoms with van der Waals surface area (Å²) in [7, 11) is 0. The van der Waals surface area contributed by atoms with E-state index in [4.69, 9.17) is 0 Å². The Kier molecular flexibility index (Phi) is 5.89. The van der Waals surface area contributed by atoms with Gasteiger partial charge in [0.05, 0.1) is 11.3 Å². The highest BCUT2D eigenvalue weighted by Gasteiger charge is 2.37. The standard InChI is InChI=1S/C28H26N4O3S/c1-15-9-16(2)11-20(10-15)32-26(34)22(25(33)30-28(32)35)13-19-12-17(3)31(18(19)4)27-23(14-29)21-7-5-6-8-24(21)36-27/h9-13H,5-8H2,1-4H3,(H,30,33,35)/b22-13+. The van der Waals surface area contributed by atoms with E-state index in [1.165, 1.54) is 11.0 Å². The van der Waals surface area contributed by atoms with Crippen molar-refractivity contribution in [3.63, 3.8) is 0 Å². The van der Waals surface area contributed by atoms with Gasteiger partial charge in [0, 0.05) is 16.3 Å². The Morgan fingerprint density at radius 3 is 2.39 bits per heavy atom. The molecule has 36 heavy (non-hydrogen) atoms. The van der Waals surface area contributed by atoms with Gasteiger partial charge in [-0.1, -0.05) is 6.07 Å². The van der Waals surface area contributed by atoms with Gasteiger partial charge in [0.1, 0.15) is 16.6 Å². The van der Waals surface area contributed by atoms with Crippen molar-refractivity contribution in [2.75, 3.05) is 4.90 Å². The van der Waals surface area contributed by atoms with Crippen LogP contribution in [0.5, 0.6) is 0 Å². The fraction of sp³-hybridized carbons (Fsp3) is 0.286. The molecule has 8 heteroatoms. The topological polar surface area (TPSA) is 95.2 Å². The predicted octanol–water partition coefficient (Wildman–Crippen LogP) is 5.19. The molecule has 4 amide bonds. The molecule has 1 N–H and O–H groups in total. The van der Waals surface area contributed by atoms with Crippen LogP contribution in [0.1, 0.15) is 56.9 Å². The SMILES string of the molecule is Cc1cc(C)cc(N2C(=O)NC(=O)/C(=C\c3cc(C)n(-c4sc5c(c4C#N)CCCC5)c3C)C2=O)c1. The van der Waals surface area contributed by atoms with Gasteiger partial charge in [0.15, 0.2) is 0 Å². The number of thiophene rings is 1. The molecule has 0 spiro atoms. The number of imide groups is 2. The number of hydrogen-bond acceptors (Lipinski definition) is 5. The number of barbiturate groups is 1. The number of nitrogens with zero attached hydrogens (tertiary/aromatic N) is 3. The van der Waals surface area contributed by atoms with E-state index in [-0.39, 0.29) is 5.57 Å². The predicted molar refractivity (Wildman–Crippen MR) is 139 cm³/mol. The van der Waals surface area contributed by atoms with Crippen LogP contribution in [0.15, 0.2) is 29.8 Å². The number of benzene rings is 1. The van der Waals surface area contributed by atoms with E-state index in [0.29, 0.717) is 16.8 Å². The third kappa shape index (κ3) is 3.86. The third-order valence-electron chi connectivity index (χ3n) is 6.80. The van der Waals surface area contributed by atoms with Gasteiger partial charge in [-0.3, -0.25) is 14.9 Å². The van der Waals surface area contributed by atoms with Gasteiger partial charge in [0.25, 0.3) is 11.8 Å². The summed E-state index contributed by atoms with van der Waals surface area (Å²) in [4.78, 5) is 41.1. The monoisotopic (exact) mass is 498 g/mol. The lowest BCUT2D eigenvalue weighted by Gasteiger charge is -2.27. The van der Waals surface area contributed by atoms with Gasteiger partial charge in [0.2, 0.25) is 0 Å². The zero-order valence-electron chi connectivity index (χ0n) is 20.7. The van der Waals surface area contributed by atoms with E-state index in [1.807, 2.05) is 44.4 Å². The Hall–Kier alpha value is -3.96. The highest BCUT2D eigenvalue weighted by atomic mass is 32.1. The second kappa shape index (κ2) is 8.92. The summed E-state index contributed by atoms with van der Waals surface area (Å²) >= 11 is 1.65. The number of aryl methyl sites for hydroxylation is 4. The highest BCUT2D eigenvalue weighted by molar-refractivity contribution is 7.15. The van der Waals surface area contributed by atoms with Crippen LogP contribution in [-0.4, -0.2) is 22.4 Å². The maximum absolute atomic E-state index is 13.4. The molecule has 7 nitrogen and oxygen atoms in total. The number of urea groups is 1. The Morgan fingerprint density at radius 2 is 1.69 bits per heavy atom. The van der Waals surface area contributed by atoms with Gasteiger partial charge in [-0.05, 0) is 99.9 Å². The van der Waals surface area contributed by atoms with Crippen LogP contribution >= 0.6 is 11.3 Å². The molecule has 0 unspecified atom stereocenters. The molecular formula is C28H26N4O3S. The lowest BCUT2D eigenvalue weighted by Crippen LogP contribution is -2.54. The molecule has 2 aliphatic rings. The Labute approximate surface area is 213 Å². The average Bonchev–Trinajstić information content (AvgIpc) is 3.31. The zero-order chi connectivity index (χ0) is 25.7. The number of carbonyl (C=O) groups excluding carboxylic acids is 3. The maximum Gasteiger partial charge on any atom is 0.335 e. The maximum atomic E-state index is 13.4. The number of hydrogen-bond donors (Lipinski definition) is 1. The summed E-state index contributed by atoms with van der Waals surface area (Å²) in [6.07, 6.45) is 5.67. The number of amides is 4. The van der Waals surface area contributed by atoms with Gasteiger partial charge in [-0.15, -0.1) is 11.3 Å². The Bertz CT molecular complexity index is 1510. The molecule has 1 aromatic carbocycles. The fourth-order valence-electron chi connectivity index (χ4n) is 5.20. The molecule has 0 saturated carbocycles. The van der Waals surface area contributed by atoms with Crippen molar-refractivity contribution in [1.29, 1.82) is 5.26 Å². The smallest absolute Gasteiger partial charge is 0.308 e. The number of fused-ring (bicyclic) bond motifs is 1. The van der Waals surface area contributed by atoms with Gasteiger partial charge >= 0.3 is 6.03 Å². The molecular weight excluding hydrogens is 472 g/mol. The molecule has 3 aromatic rings. The Balaban J connectivity index is 1.58. The average molecular weight is 499 g/mol. The van der Waals surface area contributed by atoms with Crippen LogP contribution in [0.4, 0.5) is 10.5 Å². The minimum atomic E-state index is -0.763. The van der Waals surface area contributed by atoms with E-state index >= 15 is 0 Å². The summed E-state index contributed by atoms with van der Waals surface area (Å²) < 4.78 is 2.03. The summed E-state index contributed by atoms with van der Waals surface area (Å²) in [5, 5.41) is 13.1. The molecule has 3 heterocycles. The third-order valence-corrected chi connectivity index (χ3v) is 8.08. The Morgan fingerprint density at radius 1 is 1.00 bits per heavy atom.